The van der Waals surface area contributed by atoms with Gasteiger partial charge in [0.25, 0.3) is 5.91 Å². The van der Waals surface area contributed by atoms with E-state index in [1.54, 1.807) is 32.7 Å². The lowest BCUT2D eigenvalue weighted by atomic mass is 10.1. The summed E-state index contributed by atoms with van der Waals surface area (Å²) in [6.45, 7) is 4.83. The summed E-state index contributed by atoms with van der Waals surface area (Å²) in [6, 6.07) is 7.48. The molecule has 0 fully saturated rings. The normalized spacial score (nSPS) is 10.5. The number of aromatic nitrogens is 3. The van der Waals surface area contributed by atoms with E-state index in [1.165, 1.54) is 6.20 Å². The van der Waals surface area contributed by atoms with Gasteiger partial charge in [-0.05, 0) is 43.5 Å². The maximum absolute atomic E-state index is 12.6. The SMILES string of the molecule is CCOc1cc(C)c(-c2cncc(C(=O)NCCc3cc(OC)cc(OC)c3)n2)cn1. The fraction of sp³-hybridized carbons (Fsp3) is 0.304. The molecule has 0 bridgehead atoms. The van der Waals surface area contributed by atoms with Crippen LogP contribution in [-0.4, -0.2) is 48.2 Å². The minimum absolute atomic E-state index is 0.244. The lowest BCUT2D eigenvalue weighted by Gasteiger charge is -2.10. The zero-order valence-electron chi connectivity index (χ0n) is 18.1. The molecule has 3 aromatic rings. The summed E-state index contributed by atoms with van der Waals surface area (Å²) >= 11 is 0. The van der Waals surface area contributed by atoms with Crippen LogP contribution in [0.2, 0.25) is 0 Å². The number of carbonyl (C=O) groups excluding carboxylic acids is 1. The fourth-order valence-corrected chi connectivity index (χ4v) is 3.05. The van der Waals surface area contributed by atoms with Crippen LogP contribution < -0.4 is 19.5 Å². The number of pyridine rings is 1. The van der Waals surface area contributed by atoms with Crippen LogP contribution in [0, 0.1) is 6.92 Å². The van der Waals surface area contributed by atoms with Crippen molar-refractivity contribution in [3.8, 4) is 28.6 Å². The Morgan fingerprint density at radius 3 is 2.42 bits per heavy atom. The monoisotopic (exact) mass is 422 g/mol. The molecule has 0 aliphatic heterocycles. The zero-order chi connectivity index (χ0) is 22.2. The van der Waals surface area contributed by atoms with Crippen molar-refractivity contribution in [2.45, 2.75) is 20.3 Å². The van der Waals surface area contributed by atoms with Crippen molar-refractivity contribution in [2.24, 2.45) is 0 Å². The van der Waals surface area contributed by atoms with Gasteiger partial charge in [0.05, 0.1) is 38.9 Å². The predicted octanol–water partition coefficient (Wildman–Crippen LogP) is 3.24. The number of rotatable bonds is 9. The number of hydrogen-bond acceptors (Lipinski definition) is 7. The third-order valence-electron chi connectivity index (χ3n) is 4.63. The highest BCUT2D eigenvalue weighted by atomic mass is 16.5. The van der Waals surface area contributed by atoms with E-state index in [1.807, 2.05) is 32.0 Å². The molecule has 8 heteroatoms. The number of benzene rings is 1. The van der Waals surface area contributed by atoms with Crippen LogP contribution in [0.5, 0.6) is 17.4 Å². The number of nitrogens with zero attached hydrogens (tertiary/aromatic N) is 3. The van der Waals surface area contributed by atoms with Gasteiger partial charge >= 0.3 is 0 Å². The Kier molecular flexibility index (Phi) is 7.37. The standard InChI is InChI=1S/C23H26N4O4/c1-5-31-22-8-15(2)19(12-26-22)20-13-24-14-21(27-20)23(28)25-7-6-16-9-17(29-3)11-18(10-16)30-4/h8-14H,5-7H2,1-4H3,(H,25,28). The van der Waals surface area contributed by atoms with Crippen LogP contribution in [-0.2, 0) is 6.42 Å². The van der Waals surface area contributed by atoms with E-state index in [0.29, 0.717) is 42.6 Å². The Labute approximate surface area is 181 Å². The van der Waals surface area contributed by atoms with Crippen LogP contribution in [0.3, 0.4) is 0 Å². The van der Waals surface area contributed by atoms with Crippen molar-refractivity contribution >= 4 is 5.91 Å². The second-order valence-electron chi connectivity index (χ2n) is 6.79. The Morgan fingerprint density at radius 2 is 1.77 bits per heavy atom. The van der Waals surface area contributed by atoms with Gasteiger partial charge in [0.1, 0.15) is 17.2 Å². The van der Waals surface area contributed by atoms with Gasteiger partial charge in [-0.15, -0.1) is 0 Å². The predicted molar refractivity (Wildman–Crippen MR) is 117 cm³/mol. The van der Waals surface area contributed by atoms with Crippen LogP contribution in [0.15, 0.2) is 42.9 Å². The first-order valence-corrected chi connectivity index (χ1v) is 9.96. The molecule has 162 valence electrons. The Bertz CT molecular complexity index is 1030. The topological polar surface area (TPSA) is 95.5 Å². The fourth-order valence-electron chi connectivity index (χ4n) is 3.05. The van der Waals surface area contributed by atoms with Gasteiger partial charge in [0.2, 0.25) is 5.88 Å². The smallest absolute Gasteiger partial charge is 0.271 e. The second kappa shape index (κ2) is 10.4. The number of carbonyl (C=O) groups is 1. The molecule has 0 atom stereocenters. The van der Waals surface area contributed by atoms with E-state index in [9.17, 15) is 4.79 Å². The van der Waals surface area contributed by atoms with Gasteiger partial charge < -0.3 is 19.5 Å². The molecule has 1 aromatic carbocycles. The van der Waals surface area contributed by atoms with E-state index in [2.05, 4.69) is 20.3 Å². The largest absolute Gasteiger partial charge is 0.497 e. The molecule has 1 amide bonds. The van der Waals surface area contributed by atoms with E-state index in [-0.39, 0.29) is 11.6 Å². The molecule has 1 N–H and O–H groups in total. The molecular formula is C23H26N4O4. The van der Waals surface area contributed by atoms with Crippen molar-refractivity contribution in [2.75, 3.05) is 27.4 Å². The van der Waals surface area contributed by atoms with E-state index >= 15 is 0 Å². The molecular weight excluding hydrogens is 396 g/mol. The summed E-state index contributed by atoms with van der Waals surface area (Å²) in [6.07, 6.45) is 5.37. The first-order valence-electron chi connectivity index (χ1n) is 9.96. The Balaban J connectivity index is 1.67. The van der Waals surface area contributed by atoms with Crippen LogP contribution in [0.25, 0.3) is 11.3 Å². The van der Waals surface area contributed by atoms with Crippen LogP contribution >= 0.6 is 0 Å². The number of aryl methyl sites for hydroxylation is 1. The molecule has 3 rings (SSSR count). The first kappa shape index (κ1) is 22.0. The van der Waals surface area contributed by atoms with Crippen LogP contribution in [0.4, 0.5) is 0 Å². The molecule has 0 radical (unpaired) electrons. The molecule has 0 aliphatic rings. The minimum atomic E-state index is -0.291. The van der Waals surface area contributed by atoms with Gasteiger partial charge in [-0.25, -0.2) is 9.97 Å². The van der Waals surface area contributed by atoms with Crippen LogP contribution in [0.1, 0.15) is 28.5 Å². The van der Waals surface area contributed by atoms with Gasteiger partial charge in [-0.2, -0.15) is 0 Å². The molecule has 0 saturated carbocycles. The van der Waals surface area contributed by atoms with Gasteiger partial charge in [0.15, 0.2) is 0 Å². The molecule has 0 spiro atoms. The molecule has 2 aromatic heterocycles. The highest BCUT2D eigenvalue weighted by molar-refractivity contribution is 5.92. The van der Waals surface area contributed by atoms with Crippen molar-refractivity contribution in [3.63, 3.8) is 0 Å². The molecule has 31 heavy (non-hydrogen) atoms. The molecule has 0 unspecified atom stereocenters. The second-order valence-corrected chi connectivity index (χ2v) is 6.79. The maximum atomic E-state index is 12.6. The van der Waals surface area contributed by atoms with Gasteiger partial charge in [-0.1, -0.05) is 0 Å². The first-order chi connectivity index (χ1) is 15.0. The molecule has 2 heterocycles. The number of hydrogen-bond donors (Lipinski definition) is 1. The third-order valence-corrected chi connectivity index (χ3v) is 4.63. The highest BCUT2D eigenvalue weighted by Gasteiger charge is 2.12. The summed E-state index contributed by atoms with van der Waals surface area (Å²) in [7, 11) is 3.21. The lowest BCUT2D eigenvalue weighted by molar-refractivity contribution is 0.0949. The number of nitrogens with one attached hydrogen (secondary N) is 1. The number of amides is 1. The molecule has 8 nitrogen and oxygen atoms in total. The summed E-state index contributed by atoms with van der Waals surface area (Å²) in [5, 5.41) is 2.88. The van der Waals surface area contributed by atoms with E-state index < -0.39 is 0 Å². The van der Waals surface area contributed by atoms with Crippen molar-refractivity contribution in [3.05, 3.63) is 59.7 Å². The summed E-state index contributed by atoms with van der Waals surface area (Å²) in [5.41, 5.74) is 3.56. The van der Waals surface area contributed by atoms with Crippen molar-refractivity contribution < 1.29 is 19.0 Å². The van der Waals surface area contributed by atoms with Crippen molar-refractivity contribution in [1.29, 1.82) is 0 Å². The maximum Gasteiger partial charge on any atom is 0.271 e. The third kappa shape index (κ3) is 5.69. The number of methoxy groups -OCH3 is 2. The summed E-state index contributed by atoms with van der Waals surface area (Å²) in [5.74, 6) is 1.68. The van der Waals surface area contributed by atoms with E-state index in [4.69, 9.17) is 14.2 Å². The van der Waals surface area contributed by atoms with Gasteiger partial charge in [-0.3, -0.25) is 9.78 Å². The highest BCUT2D eigenvalue weighted by Crippen LogP contribution is 2.24. The van der Waals surface area contributed by atoms with E-state index in [0.717, 1.165) is 16.7 Å². The minimum Gasteiger partial charge on any atom is -0.497 e. The molecule has 0 aliphatic carbocycles. The van der Waals surface area contributed by atoms with Crippen molar-refractivity contribution in [1.82, 2.24) is 20.3 Å². The lowest BCUT2D eigenvalue weighted by Crippen LogP contribution is -2.26. The number of ether oxygens (including phenoxy) is 3. The zero-order valence-corrected chi connectivity index (χ0v) is 18.1. The average Bonchev–Trinajstić information content (AvgIpc) is 2.79. The Morgan fingerprint density at radius 1 is 1.03 bits per heavy atom. The average molecular weight is 422 g/mol. The molecule has 0 saturated heterocycles. The summed E-state index contributed by atoms with van der Waals surface area (Å²) in [4.78, 5) is 25.5. The summed E-state index contributed by atoms with van der Waals surface area (Å²) < 4.78 is 16.0. The van der Waals surface area contributed by atoms with Gasteiger partial charge in [0, 0.05) is 30.4 Å². The Hall–Kier alpha value is -3.68. The quantitative estimate of drug-likeness (QED) is 0.566.